The molecule has 0 atom stereocenters. The number of aryl methyl sites for hydroxylation is 1. The van der Waals surface area contributed by atoms with Crippen LogP contribution in [0.2, 0.25) is 0 Å². The first kappa shape index (κ1) is 17.8. The summed E-state index contributed by atoms with van der Waals surface area (Å²) in [7, 11) is 1.66. The number of carbonyl (C=O) groups is 1. The third-order valence-electron chi connectivity index (χ3n) is 3.91. The number of aliphatic hydroxyl groups is 2. The first-order chi connectivity index (χ1) is 12.6. The number of ether oxygens (including phenoxy) is 1. The third kappa shape index (κ3) is 3.81. The molecule has 136 valence electrons. The van der Waals surface area contributed by atoms with E-state index in [1.807, 2.05) is 18.2 Å². The van der Waals surface area contributed by atoms with Crippen molar-refractivity contribution in [2.45, 2.75) is 12.6 Å². The molecule has 0 saturated carbocycles. The zero-order chi connectivity index (χ0) is 18.5. The number of benzene rings is 1. The van der Waals surface area contributed by atoms with Crippen molar-refractivity contribution in [3.63, 3.8) is 0 Å². The molecule has 0 aliphatic heterocycles. The fourth-order valence-electron chi connectivity index (χ4n) is 2.58. The minimum absolute atomic E-state index is 0.311. The smallest absolute Gasteiger partial charge is 0.270 e. The van der Waals surface area contributed by atoms with E-state index in [1.165, 1.54) is 4.68 Å². The summed E-state index contributed by atoms with van der Waals surface area (Å²) in [6.45, 7) is -0.391. The summed E-state index contributed by atoms with van der Waals surface area (Å²) < 4.78 is 7.22. The number of nitrogens with one attached hydrogen (secondary N) is 1. The minimum Gasteiger partial charge on any atom is -0.487 e. The van der Waals surface area contributed by atoms with Crippen molar-refractivity contribution in [2.24, 2.45) is 7.05 Å². The molecule has 0 bridgehead atoms. The molecule has 2 heterocycles. The van der Waals surface area contributed by atoms with Crippen LogP contribution in [0.25, 0.3) is 10.9 Å². The van der Waals surface area contributed by atoms with E-state index in [0.29, 0.717) is 29.0 Å². The number of rotatable bonds is 7. The van der Waals surface area contributed by atoms with Crippen LogP contribution < -0.4 is 10.1 Å². The van der Waals surface area contributed by atoms with E-state index in [0.717, 1.165) is 5.69 Å². The maximum atomic E-state index is 12.5. The lowest BCUT2D eigenvalue weighted by molar-refractivity contribution is 0.0871. The number of nitrogens with zero attached hydrogens (tertiary/aromatic N) is 3. The summed E-state index contributed by atoms with van der Waals surface area (Å²) in [6.07, 6.45) is 1.70. The second-order valence-electron chi connectivity index (χ2n) is 5.80. The number of aromatic nitrogens is 3. The van der Waals surface area contributed by atoms with Crippen molar-refractivity contribution in [1.82, 2.24) is 20.1 Å². The van der Waals surface area contributed by atoms with E-state index in [2.05, 4.69) is 15.4 Å². The zero-order valence-electron chi connectivity index (χ0n) is 14.3. The molecular weight excluding hydrogens is 336 g/mol. The van der Waals surface area contributed by atoms with Gasteiger partial charge in [-0.05, 0) is 30.3 Å². The average molecular weight is 356 g/mol. The highest BCUT2D eigenvalue weighted by atomic mass is 16.5. The Morgan fingerprint density at radius 2 is 2.08 bits per heavy atom. The number of carbonyl (C=O) groups excluding carboxylic acids is 1. The summed E-state index contributed by atoms with van der Waals surface area (Å²) in [5, 5.41) is 25.8. The van der Waals surface area contributed by atoms with Crippen LogP contribution in [0.1, 0.15) is 16.2 Å². The summed E-state index contributed by atoms with van der Waals surface area (Å²) >= 11 is 0. The van der Waals surface area contributed by atoms with Crippen LogP contribution in [-0.2, 0) is 13.7 Å². The van der Waals surface area contributed by atoms with Crippen molar-refractivity contribution in [3.8, 4) is 5.75 Å². The Labute approximate surface area is 150 Å². The van der Waals surface area contributed by atoms with Gasteiger partial charge in [0, 0.05) is 18.6 Å². The van der Waals surface area contributed by atoms with Crippen molar-refractivity contribution in [2.75, 3.05) is 13.2 Å². The van der Waals surface area contributed by atoms with Gasteiger partial charge in [-0.3, -0.25) is 14.5 Å². The second-order valence-corrected chi connectivity index (χ2v) is 5.80. The highest BCUT2D eigenvalue weighted by Crippen LogP contribution is 2.24. The number of hydrogen-bond donors (Lipinski definition) is 3. The Morgan fingerprint density at radius 1 is 1.27 bits per heavy atom. The van der Waals surface area contributed by atoms with Gasteiger partial charge in [0.05, 0.1) is 30.5 Å². The predicted octanol–water partition coefficient (Wildman–Crippen LogP) is 0.630. The van der Waals surface area contributed by atoms with E-state index in [1.54, 1.807) is 31.4 Å². The SMILES string of the molecule is Cn1nc2ccc(OCc3ccccn3)cc2c1C(=O)NC(CO)CO. The maximum absolute atomic E-state index is 12.5. The monoisotopic (exact) mass is 356 g/mol. The number of aliphatic hydroxyl groups excluding tert-OH is 2. The van der Waals surface area contributed by atoms with E-state index < -0.39 is 11.9 Å². The molecule has 0 aliphatic rings. The predicted molar refractivity (Wildman–Crippen MR) is 94.7 cm³/mol. The molecule has 8 heteroatoms. The normalized spacial score (nSPS) is 11.1. The highest BCUT2D eigenvalue weighted by molar-refractivity contribution is 6.05. The Hall–Kier alpha value is -2.97. The molecule has 0 fully saturated rings. The molecule has 0 unspecified atom stereocenters. The van der Waals surface area contributed by atoms with Gasteiger partial charge in [-0.15, -0.1) is 0 Å². The average Bonchev–Trinajstić information content (AvgIpc) is 3.00. The molecule has 26 heavy (non-hydrogen) atoms. The molecule has 3 aromatic rings. The number of fused-ring (bicyclic) bond motifs is 1. The fraction of sp³-hybridized carbons (Fsp3) is 0.278. The van der Waals surface area contributed by atoms with Gasteiger partial charge in [-0.25, -0.2) is 0 Å². The highest BCUT2D eigenvalue weighted by Gasteiger charge is 2.20. The standard InChI is InChI=1S/C18H20N4O4/c1-22-17(18(25)20-13(9-23)10-24)15-8-14(5-6-16(15)21-22)26-11-12-4-2-3-7-19-12/h2-8,13,23-24H,9-11H2,1H3,(H,20,25). The molecule has 0 radical (unpaired) electrons. The third-order valence-corrected chi connectivity index (χ3v) is 3.91. The summed E-state index contributed by atoms with van der Waals surface area (Å²) in [5.74, 6) is 0.163. The van der Waals surface area contributed by atoms with Gasteiger partial charge in [0.2, 0.25) is 0 Å². The van der Waals surface area contributed by atoms with Crippen LogP contribution in [-0.4, -0.2) is 50.1 Å². The lowest BCUT2D eigenvalue weighted by Gasteiger charge is -2.13. The molecule has 0 spiro atoms. The van der Waals surface area contributed by atoms with Crippen LogP contribution >= 0.6 is 0 Å². The second kappa shape index (κ2) is 7.94. The summed E-state index contributed by atoms with van der Waals surface area (Å²) in [5.41, 5.74) is 1.77. The molecule has 1 aromatic carbocycles. The van der Waals surface area contributed by atoms with Crippen molar-refractivity contribution in [3.05, 3.63) is 54.0 Å². The fourth-order valence-corrected chi connectivity index (χ4v) is 2.58. The molecule has 8 nitrogen and oxygen atoms in total. The van der Waals surface area contributed by atoms with Gasteiger partial charge in [-0.1, -0.05) is 6.07 Å². The number of hydrogen-bond acceptors (Lipinski definition) is 6. The Morgan fingerprint density at radius 3 is 2.77 bits per heavy atom. The maximum Gasteiger partial charge on any atom is 0.270 e. The molecule has 0 saturated heterocycles. The van der Waals surface area contributed by atoms with E-state index in [-0.39, 0.29) is 13.2 Å². The number of pyridine rings is 1. The van der Waals surface area contributed by atoms with Gasteiger partial charge < -0.3 is 20.3 Å². The van der Waals surface area contributed by atoms with E-state index >= 15 is 0 Å². The molecule has 3 rings (SSSR count). The van der Waals surface area contributed by atoms with Gasteiger partial charge >= 0.3 is 0 Å². The van der Waals surface area contributed by atoms with Gasteiger partial charge in [0.25, 0.3) is 5.91 Å². The Balaban J connectivity index is 1.84. The first-order valence-electron chi connectivity index (χ1n) is 8.14. The molecular formula is C18H20N4O4. The molecule has 2 aromatic heterocycles. The molecule has 3 N–H and O–H groups in total. The quantitative estimate of drug-likeness (QED) is 0.573. The van der Waals surface area contributed by atoms with Gasteiger partial charge in [0.15, 0.2) is 0 Å². The van der Waals surface area contributed by atoms with Crippen LogP contribution in [0.4, 0.5) is 0 Å². The lowest BCUT2D eigenvalue weighted by Crippen LogP contribution is -2.40. The number of amides is 1. The molecule has 1 amide bonds. The van der Waals surface area contributed by atoms with E-state index in [9.17, 15) is 4.79 Å². The van der Waals surface area contributed by atoms with Gasteiger partial charge in [0.1, 0.15) is 18.1 Å². The minimum atomic E-state index is -0.726. The van der Waals surface area contributed by atoms with Crippen LogP contribution in [0, 0.1) is 0 Å². The van der Waals surface area contributed by atoms with Crippen LogP contribution in [0.5, 0.6) is 5.75 Å². The van der Waals surface area contributed by atoms with Crippen LogP contribution in [0.3, 0.4) is 0 Å². The zero-order valence-corrected chi connectivity index (χ0v) is 14.3. The van der Waals surface area contributed by atoms with Crippen molar-refractivity contribution < 1.29 is 19.7 Å². The Bertz CT molecular complexity index is 891. The first-order valence-corrected chi connectivity index (χ1v) is 8.14. The summed E-state index contributed by atoms with van der Waals surface area (Å²) in [4.78, 5) is 16.7. The van der Waals surface area contributed by atoms with Crippen molar-refractivity contribution in [1.29, 1.82) is 0 Å². The largest absolute Gasteiger partial charge is 0.487 e. The van der Waals surface area contributed by atoms with Gasteiger partial charge in [-0.2, -0.15) is 5.10 Å². The lowest BCUT2D eigenvalue weighted by atomic mass is 10.2. The Kier molecular flexibility index (Phi) is 5.45. The van der Waals surface area contributed by atoms with E-state index in [4.69, 9.17) is 14.9 Å². The topological polar surface area (TPSA) is 110 Å². The van der Waals surface area contributed by atoms with Crippen LogP contribution in [0.15, 0.2) is 42.6 Å². The van der Waals surface area contributed by atoms with Crippen molar-refractivity contribution >= 4 is 16.8 Å². The molecule has 0 aliphatic carbocycles. The summed E-state index contributed by atoms with van der Waals surface area (Å²) in [6, 6.07) is 10.2.